The zero-order valence-electron chi connectivity index (χ0n) is 12.8. The largest absolute Gasteiger partial charge is 0.336 e. The number of benzene rings is 1. The Labute approximate surface area is 125 Å². The van der Waals surface area contributed by atoms with Crippen molar-refractivity contribution in [3.63, 3.8) is 0 Å². The summed E-state index contributed by atoms with van der Waals surface area (Å²) in [5.74, 6) is 0.584. The lowest BCUT2D eigenvalue weighted by atomic mass is 9.77. The van der Waals surface area contributed by atoms with Crippen LogP contribution >= 0.6 is 0 Å². The first kappa shape index (κ1) is 14.1. The molecular weight excluding hydrogens is 264 g/mol. The summed E-state index contributed by atoms with van der Waals surface area (Å²) in [4.78, 5) is 27.2. The smallest absolute Gasteiger partial charge is 0.253 e. The third-order valence-electron chi connectivity index (χ3n) is 4.93. The van der Waals surface area contributed by atoms with Crippen LogP contribution in [0.25, 0.3) is 0 Å². The molecule has 0 aromatic heterocycles. The van der Waals surface area contributed by atoms with Crippen LogP contribution in [0, 0.1) is 5.92 Å². The fourth-order valence-electron chi connectivity index (χ4n) is 3.50. The predicted molar refractivity (Wildman–Crippen MR) is 80.4 cm³/mol. The van der Waals surface area contributed by atoms with Crippen molar-refractivity contribution in [2.75, 3.05) is 0 Å². The Morgan fingerprint density at radius 3 is 2.33 bits per heavy atom. The molecule has 1 aromatic rings. The quantitative estimate of drug-likeness (QED) is 0.904. The molecule has 21 heavy (non-hydrogen) atoms. The van der Waals surface area contributed by atoms with E-state index in [2.05, 4.69) is 12.2 Å². The SMILES string of the molecule is CC1CC(N2C(=O)C(C)(c3ccccc3)NC(=O)C2C)C1. The molecule has 1 N–H and O–H groups in total. The van der Waals surface area contributed by atoms with E-state index in [0.29, 0.717) is 5.92 Å². The topological polar surface area (TPSA) is 49.4 Å². The zero-order chi connectivity index (χ0) is 15.2. The van der Waals surface area contributed by atoms with Crippen molar-refractivity contribution in [2.24, 2.45) is 5.92 Å². The molecule has 2 unspecified atom stereocenters. The average Bonchev–Trinajstić information content (AvgIpc) is 2.44. The van der Waals surface area contributed by atoms with Gasteiger partial charge in [-0.3, -0.25) is 9.59 Å². The van der Waals surface area contributed by atoms with Gasteiger partial charge in [-0.05, 0) is 38.2 Å². The van der Waals surface area contributed by atoms with Gasteiger partial charge in [0.2, 0.25) is 5.91 Å². The molecular formula is C17H22N2O2. The minimum absolute atomic E-state index is 0.0118. The lowest BCUT2D eigenvalue weighted by molar-refractivity contribution is -0.160. The molecule has 0 radical (unpaired) electrons. The second kappa shape index (κ2) is 4.86. The third kappa shape index (κ3) is 2.13. The van der Waals surface area contributed by atoms with E-state index in [0.717, 1.165) is 18.4 Å². The Kier molecular flexibility index (Phi) is 3.27. The van der Waals surface area contributed by atoms with Crippen LogP contribution in [0.1, 0.15) is 39.2 Å². The molecule has 112 valence electrons. The number of nitrogens with one attached hydrogen (secondary N) is 1. The monoisotopic (exact) mass is 286 g/mol. The summed E-state index contributed by atoms with van der Waals surface area (Å²) in [7, 11) is 0. The summed E-state index contributed by atoms with van der Waals surface area (Å²) < 4.78 is 0. The van der Waals surface area contributed by atoms with Gasteiger partial charge in [0.15, 0.2) is 0 Å². The zero-order valence-corrected chi connectivity index (χ0v) is 12.8. The normalized spacial score (nSPS) is 36.1. The summed E-state index contributed by atoms with van der Waals surface area (Å²) in [6.45, 7) is 5.82. The maximum absolute atomic E-state index is 13.1. The predicted octanol–water partition coefficient (Wildman–Crippen LogP) is 2.05. The highest BCUT2D eigenvalue weighted by atomic mass is 16.2. The molecule has 2 atom stereocenters. The Hall–Kier alpha value is -1.84. The molecule has 3 rings (SSSR count). The fourth-order valence-corrected chi connectivity index (χ4v) is 3.50. The third-order valence-corrected chi connectivity index (χ3v) is 4.93. The number of rotatable bonds is 2. The number of carbonyl (C=O) groups is 2. The van der Waals surface area contributed by atoms with Crippen molar-refractivity contribution in [3.8, 4) is 0 Å². The number of nitrogens with zero attached hydrogens (tertiary/aromatic N) is 1. The number of hydrogen-bond acceptors (Lipinski definition) is 2. The van der Waals surface area contributed by atoms with Crippen LogP contribution in [0.3, 0.4) is 0 Å². The lowest BCUT2D eigenvalue weighted by Gasteiger charge is -2.51. The van der Waals surface area contributed by atoms with E-state index in [4.69, 9.17) is 0 Å². The first-order valence-corrected chi connectivity index (χ1v) is 7.64. The minimum Gasteiger partial charge on any atom is -0.336 e. The molecule has 1 saturated carbocycles. The van der Waals surface area contributed by atoms with E-state index in [1.807, 2.05) is 49.1 Å². The molecule has 1 aliphatic heterocycles. The standard InChI is InChI=1S/C17H22N2O2/c1-11-9-14(10-11)19-12(2)15(20)18-17(3,16(19)21)13-7-5-4-6-8-13/h4-8,11-12,14H,9-10H2,1-3H3,(H,18,20). The summed E-state index contributed by atoms with van der Waals surface area (Å²) in [5.41, 5.74) is -0.114. The summed E-state index contributed by atoms with van der Waals surface area (Å²) >= 11 is 0. The van der Waals surface area contributed by atoms with Crippen LogP contribution in [0.5, 0.6) is 0 Å². The van der Waals surface area contributed by atoms with E-state index in [1.165, 1.54) is 0 Å². The molecule has 2 aliphatic rings. The highest BCUT2D eigenvalue weighted by Crippen LogP contribution is 2.37. The number of carbonyl (C=O) groups excluding carboxylic acids is 2. The van der Waals surface area contributed by atoms with Crippen LogP contribution in [0.4, 0.5) is 0 Å². The molecule has 1 aromatic carbocycles. The molecule has 0 bridgehead atoms. The van der Waals surface area contributed by atoms with Gasteiger partial charge in [0.25, 0.3) is 5.91 Å². The Bertz CT molecular complexity index is 565. The molecule has 4 nitrogen and oxygen atoms in total. The second-order valence-electron chi connectivity index (χ2n) is 6.60. The van der Waals surface area contributed by atoms with E-state index in [-0.39, 0.29) is 23.9 Å². The fraction of sp³-hybridized carbons (Fsp3) is 0.529. The second-order valence-corrected chi connectivity index (χ2v) is 6.60. The van der Waals surface area contributed by atoms with Crippen molar-refractivity contribution in [3.05, 3.63) is 35.9 Å². The highest BCUT2D eigenvalue weighted by Gasteiger charge is 2.51. The first-order chi connectivity index (χ1) is 9.93. The van der Waals surface area contributed by atoms with Gasteiger partial charge in [-0.2, -0.15) is 0 Å². The van der Waals surface area contributed by atoms with E-state index in [1.54, 1.807) is 0 Å². The Morgan fingerprint density at radius 2 is 1.76 bits per heavy atom. The van der Waals surface area contributed by atoms with Gasteiger partial charge < -0.3 is 10.2 Å². The minimum atomic E-state index is -0.955. The van der Waals surface area contributed by atoms with Gasteiger partial charge >= 0.3 is 0 Å². The van der Waals surface area contributed by atoms with Gasteiger partial charge in [0.1, 0.15) is 11.6 Å². The van der Waals surface area contributed by atoms with Gasteiger partial charge in [0.05, 0.1) is 0 Å². The molecule has 4 heteroatoms. The summed E-state index contributed by atoms with van der Waals surface area (Å²) in [6.07, 6.45) is 1.99. The van der Waals surface area contributed by atoms with Crippen LogP contribution in [0.15, 0.2) is 30.3 Å². The van der Waals surface area contributed by atoms with Crippen molar-refractivity contribution in [2.45, 2.75) is 51.2 Å². The van der Waals surface area contributed by atoms with Crippen molar-refractivity contribution < 1.29 is 9.59 Å². The molecule has 2 fully saturated rings. The Balaban J connectivity index is 1.96. The molecule has 1 heterocycles. The van der Waals surface area contributed by atoms with Crippen LogP contribution in [-0.2, 0) is 15.1 Å². The number of hydrogen-bond donors (Lipinski definition) is 1. The molecule has 1 aliphatic carbocycles. The number of amides is 2. The molecule has 2 amide bonds. The van der Waals surface area contributed by atoms with E-state index >= 15 is 0 Å². The van der Waals surface area contributed by atoms with Gasteiger partial charge in [0, 0.05) is 6.04 Å². The van der Waals surface area contributed by atoms with Crippen molar-refractivity contribution >= 4 is 11.8 Å². The maximum atomic E-state index is 13.1. The van der Waals surface area contributed by atoms with Crippen LogP contribution < -0.4 is 5.32 Å². The van der Waals surface area contributed by atoms with Crippen molar-refractivity contribution in [1.29, 1.82) is 0 Å². The number of piperazine rings is 1. The summed E-state index contributed by atoms with van der Waals surface area (Å²) in [6, 6.07) is 9.33. The van der Waals surface area contributed by atoms with Gasteiger partial charge in [-0.15, -0.1) is 0 Å². The van der Waals surface area contributed by atoms with E-state index in [9.17, 15) is 9.59 Å². The molecule has 1 saturated heterocycles. The Morgan fingerprint density at radius 1 is 1.14 bits per heavy atom. The van der Waals surface area contributed by atoms with Gasteiger partial charge in [-0.1, -0.05) is 37.3 Å². The molecule has 0 spiro atoms. The summed E-state index contributed by atoms with van der Waals surface area (Å²) in [5, 5.41) is 2.92. The van der Waals surface area contributed by atoms with Crippen molar-refractivity contribution in [1.82, 2.24) is 10.2 Å². The average molecular weight is 286 g/mol. The van der Waals surface area contributed by atoms with E-state index < -0.39 is 5.54 Å². The lowest BCUT2D eigenvalue weighted by Crippen LogP contribution is -2.70. The van der Waals surface area contributed by atoms with Gasteiger partial charge in [-0.25, -0.2) is 0 Å². The first-order valence-electron chi connectivity index (χ1n) is 7.64. The van der Waals surface area contributed by atoms with Crippen LogP contribution in [0.2, 0.25) is 0 Å². The maximum Gasteiger partial charge on any atom is 0.253 e. The highest BCUT2D eigenvalue weighted by molar-refractivity contribution is 6.00. The van der Waals surface area contributed by atoms with Crippen LogP contribution in [-0.4, -0.2) is 28.8 Å².